The number of hydrogen-bond acceptors (Lipinski definition) is 5. The van der Waals surface area contributed by atoms with Crippen molar-refractivity contribution >= 4 is 17.3 Å². The maximum Gasteiger partial charge on any atom is 0.238 e. The van der Waals surface area contributed by atoms with Gasteiger partial charge in [-0.2, -0.15) is 0 Å². The van der Waals surface area contributed by atoms with Gasteiger partial charge in [0.2, 0.25) is 5.91 Å². The first-order valence-electron chi connectivity index (χ1n) is 11.4. The number of amides is 1. The van der Waals surface area contributed by atoms with Gasteiger partial charge in [0, 0.05) is 37.6 Å². The lowest BCUT2D eigenvalue weighted by atomic mass is 10.1. The summed E-state index contributed by atoms with van der Waals surface area (Å²) in [6.45, 7) is 7.83. The highest BCUT2D eigenvalue weighted by Gasteiger charge is 2.16. The molecule has 0 spiro atoms. The predicted octanol–water partition coefficient (Wildman–Crippen LogP) is 3.19. The summed E-state index contributed by atoms with van der Waals surface area (Å²) in [6.07, 6.45) is 2.61. The first kappa shape index (κ1) is 21.8. The van der Waals surface area contributed by atoms with Crippen LogP contribution in [0.1, 0.15) is 24.0 Å². The molecule has 1 amide bonds. The van der Waals surface area contributed by atoms with Crippen molar-refractivity contribution in [1.29, 1.82) is 0 Å². The van der Waals surface area contributed by atoms with Gasteiger partial charge in [0.05, 0.1) is 19.8 Å². The van der Waals surface area contributed by atoms with E-state index in [9.17, 15) is 4.79 Å². The third-order valence-corrected chi connectivity index (χ3v) is 6.04. The van der Waals surface area contributed by atoms with E-state index in [0.29, 0.717) is 6.54 Å². The highest BCUT2D eigenvalue weighted by atomic mass is 16.5. The maximum atomic E-state index is 12.6. The maximum absolute atomic E-state index is 12.6. The summed E-state index contributed by atoms with van der Waals surface area (Å²) in [6, 6.07) is 16.7. The van der Waals surface area contributed by atoms with E-state index >= 15 is 0 Å². The Bertz CT molecular complexity index is 843. The molecule has 1 N–H and O–H groups in total. The molecule has 2 heterocycles. The van der Waals surface area contributed by atoms with E-state index in [1.54, 1.807) is 0 Å². The Kier molecular flexibility index (Phi) is 7.57. The second-order valence-corrected chi connectivity index (χ2v) is 8.63. The number of hydrogen-bond donors (Lipinski definition) is 1. The summed E-state index contributed by atoms with van der Waals surface area (Å²) in [5.74, 6) is 0.0126. The summed E-state index contributed by atoms with van der Waals surface area (Å²) in [7, 11) is 1.99. The van der Waals surface area contributed by atoms with E-state index < -0.39 is 0 Å². The smallest absolute Gasteiger partial charge is 0.238 e. The van der Waals surface area contributed by atoms with Gasteiger partial charge in [-0.3, -0.25) is 14.6 Å². The standard InChI is InChI=1S/C25H34N4O2/c1-27(19-22-6-2-3-7-24(22)29-14-16-31-17-15-29)20-25(30)26-23-10-8-21(9-11-23)18-28-12-4-5-13-28/h2-3,6-11H,4-5,12-20H2,1H3,(H,26,30). The van der Waals surface area contributed by atoms with E-state index in [4.69, 9.17) is 4.74 Å². The van der Waals surface area contributed by atoms with Crippen molar-refractivity contribution in [2.45, 2.75) is 25.9 Å². The van der Waals surface area contributed by atoms with Gasteiger partial charge in [0.15, 0.2) is 0 Å². The van der Waals surface area contributed by atoms with E-state index in [-0.39, 0.29) is 5.91 Å². The molecule has 4 rings (SSSR count). The highest BCUT2D eigenvalue weighted by Crippen LogP contribution is 2.22. The molecule has 2 aromatic rings. The van der Waals surface area contributed by atoms with Gasteiger partial charge in [-0.1, -0.05) is 30.3 Å². The molecule has 0 radical (unpaired) electrons. The summed E-state index contributed by atoms with van der Waals surface area (Å²) < 4.78 is 5.48. The zero-order valence-corrected chi connectivity index (χ0v) is 18.6. The predicted molar refractivity (Wildman–Crippen MR) is 125 cm³/mol. The summed E-state index contributed by atoms with van der Waals surface area (Å²) in [4.78, 5) is 19.5. The minimum atomic E-state index is 0.0126. The van der Waals surface area contributed by atoms with Crippen molar-refractivity contribution in [2.75, 3.05) is 63.2 Å². The monoisotopic (exact) mass is 422 g/mol. The lowest BCUT2D eigenvalue weighted by Gasteiger charge is -2.31. The van der Waals surface area contributed by atoms with Crippen molar-refractivity contribution in [2.24, 2.45) is 0 Å². The molecule has 2 fully saturated rings. The molecule has 0 bridgehead atoms. The van der Waals surface area contributed by atoms with Crippen LogP contribution in [0.5, 0.6) is 0 Å². The molecule has 2 aliphatic heterocycles. The van der Waals surface area contributed by atoms with Gasteiger partial charge in [0.25, 0.3) is 0 Å². The van der Waals surface area contributed by atoms with E-state index in [2.05, 4.69) is 56.4 Å². The highest BCUT2D eigenvalue weighted by molar-refractivity contribution is 5.92. The fourth-order valence-electron chi connectivity index (χ4n) is 4.44. The van der Waals surface area contributed by atoms with Crippen LogP contribution in [0.3, 0.4) is 0 Å². The molecule has 0 unspecified atom stereocenters. The lowest BCUT2D eigenvalue weighted by Crippen LogP contribution is -2.37. The minimum Gasteiger partial charge on any atom is -0.378 e. The number of rotatable bonds is 8. The molecule has 0 aliphatic carbocycles. The van der Waals surface area contributed by atoms with Crippen molar-refractivity contribution < 1.29 is 9.53 Å². The Hall–Kier alpha value is -2.41. The summed E-state index contributed by atoms with van der Waals surface area (Å²) in [5.41, 5.74) is 4.65. The SMILES string of the molecule is CN(CC(=O)Nc1ccc(CN2CCCC2)cc1)Cc1ccccc1N1CCOCC1. The Labute approximate surface area is 185 Å². The Morgan fingerprint density at radius 1 is 1.00 bits per heavy atom. The van der Waals surface area contributed by atoms with Crippen LogP contribution in [-0.2, 0) is 22.6 Å². The molecule has 0 atom stereocenters. The average molecular weight is 423 g/mol. The molecule has 31 heavy (non-hydrogen) atoms. The van der Waals surface area contributed by atoms with Gasteiger partial charge < -0.3 is 15.0 Å². The summed E-state index contributed by atoms with van der Waals surface area (Å²) in [5, 5.41) is 3.04. The quantitative estimate of drug-likeness (QED) is 0.708. The number of anilines is 2. The van der Waals surface area contributed by atoms with Crippen LogP contribution < -0.4 is 10.2 Å². The first-order valence-corrected chi connectivity index (χ1v) is 11.4. The van der Waals surface area contributed by atoms with Gasteiger partial charge in [-0.15, -0.1) is 0 Å². The Balaban J connectivity index is 1.28. The van der Waals surface area contributed by atoms with Crippen LogP contribution in [0, 0.1) is 0 Å². The largest absolute Gasteiger partial charge is 0.378 e. The molecular weight excluding hydrogens is 388 g/mol. The van der Waals surface area contributed by atoms with E-state index in [1.165, 1.54) is 42.7 Å². The normalized spacial score (nSPS) is 17.3. The molecule has 6 heteroatoms. The van der Waals surface area contributed by atoms with E-state index in [0.717, 1.165) is 45.1 Å². The van der Waals surface area contributed by atoms with Crippen molar-refractivity contribution in [3.8, 4) is 0 Å². The fraction of sp³-hybridized carbons (Fsp3) is 0.480. The number of nitrogens with one attached hydrogen (secondary N) is 1. The number of carbonyl (C=O) groups excluding carboxylic acids is 1. The van der Waals surface area contributed by atoms with Crippen molar-refractivity contribution in [3.05, 3.63) is 59.7 Å². The second kappa shape index (κ2) is 10.8. The molecule has 2 aromatic carbocycles. The summed E-state index contributed by atoms with van der Waals surface area (Å²) >= 11 is 0. The van der Waals surface area contributed by atoms with Crippen LogP contribution in [-0.4, -0.2) is 68.7 Å². The third-order valence-electron chi connectivity index (χ3n) is 6.04. The fourth-order valence-corrected chi connectivity index (χ4v) is 4.44. The molecule has 6 nitrogen and oxygen atoms in total. The van der Waals surface area contributed by atoms with Crippen LogP contribution in [0.4, 0.5) is 11.4 Å². The first-order chi connectivity index (χ1) is 15.2. The van der Waals surface area contributed by atoms with Crippen LogP contribution in [0.15, 0.2) is 48.5 Å². The molecule has 166 valence electrons. The number of benzene rings is 2. The number of nitrogens with zero attached hydrogens (tertiary/aromatic N) is 3. The van der Waals surface area contributed by atoms with Crippen molar-refractivity contribution in [3.63, 3.8) is 0 Å². The zero-order chi connectivity index (χ0) is 21.5. The van der Waals surface area contributed by atoms with E-state index in [1.807, 2.05) is 19.2 Å². The molecular formula is C25H34N4O2. The number of para-hydroxylation sites is 1. The van der Waals surface area contributed by atoms with Gasteiger partial charge >= 0.3 is 0 Å². The van der Waals surface area contributed by atoms with Crippen LogP contribution >= 0.6 is 0 Å². The molecule has 2 aliphatic rings. The Morgan fingerprint density at radius 3 is 2.45 bits per heavy atom. The minimum absolute atomic E-state index is 0.0126. The number of carbonyl (C=O) groups is 1. The third kappa shape index (κ3) is 6.29. The number of likely N-dealkylation sites (tertiary alicyclic amines) is 1. The number of morpholine rings is 1. The zero-order valence-electron chi connectivity index (χ0n) is 18.6. The molecule has 2 saturated heterocycles. The van der Waals surface area contributed by atoms with Crippen molar-refractivity contribution in [1.82, 2.24) is 9.80 Å². The van der Waals surface area contributed by atoms with Crippen LogP contribution in [0.25, 0.3) is 0 Å². The number of likely N-dealkylation sites (N-methyl/N-ethyl adjacent to an activating group) is 1. The van der Waals surface area contributed by atoms with Gasteiger partial charge in [-0.05, 0) is 62.3 Å². The van der Waals surface area contributed by atoms with Gasteiger partial charge in [0.1, 0.15) is 0 Å². The number of ether oxygens (including phenoxy) is 1. The topological polar surface area (TPSA) is 48.1 Å². The average Bonchev–Trinajstić information content (AvgIpc) is 3.29. The second-order valence-electron chi connectivity index (χ2n) is 8.63. The molecule has 0 aromatic heterocycles. The van der Waals surface area contributed by atoms with Crippen LogP contribution in [0.2, 0.25) is 0 Å². The molecule has 0 saturated carbocycles. The Morgan fingerprint density at radius 2 is 1.71 bits per heavy atom. The lowest BCUT2D eigenvalue weighted by molar-refractivity contribution is -0.117. The van der Waals surface area contributed by atoms with Gasteiger partial charge in [-0.25, -0.2) is 0 Å².